The van der Waals surface area contributed by atoms with Gasteiger partial charge in [0.25, 0.3) is 0 Å². The highest BCUT2D eigenvalue weighted by molar-refractivity contribution is 5.96. The molecule has 0 aliphatic heterocycles. The zero-order valence-corrected chi connectivity index (χ0v) is 9.17. The number of aromatic nitrogens is 1. The molecule has 1 amide bonds. The number of nitrogens with one attached hydrogen (secondary N) is 1. The fourth-order valence-corrected chi connectivity index (χ4v) is 1.13. The van der Waals surface area contributed by atoms with E-state index in [2.05, 4.69) is 10.3 Å². The molecule has 1 atom stereocenters. The predicted octanol–water partition coefficient (Wildman–Crippen LogP) is -0.164. The molecule has 1 heterocycles. The van der Waals surface area contributed by atoms with E-state index >= 15 is 0 Å². The van der Waals surface area contributed by atoms with Gasteiger partial charge in [-0.2, -0.15) is 0 Å². The van der Waals surface area contributed by atoms with Crippen LogP contribution >= 0.6 is 0 Å². The lowest BCUT2D eigenvalue weighted by molar-refractivity contribution is -0.138. The van der Waals surface area contributed by atoms with E-state index in [9.17, 15) is 14.7 Å². The molecule has 0 saturated carbocycles. The number of nitrogens with two attached hydrogens (primary N) is 1. The summed E-state index contributed by atoms with van der Waals surface area (Å²) < 4.78 is 0. The van der Waals surface area contributed by atoms with Crippen molar-refractivity contribution >= 4 is 17.7 Å². The van der Waals surface area contributed by atoms with Crippen molar-refractivity contribution < 1.29 is 19.8 Å². The van der Waals surface area contributed by atoms with Gasteiger partial charge in [-0.25, -0.2) is 4.98 Å². The van der Waals surface area contributed by atoms with Crippen molar-refractivity contribution in [2.75, 3.05) is 5.32 Å². The van der Waals surface area contributed by atoms with E-state index in [1.807, 2.05) is 0 Å². The fourth-order valence-electron chi connectivity index (χ4n) is 1.13. The molecule has 0 radical (unpaired) electrons. The second kappa shape index (κ2) is 5.26. The monoisotopic (exact) mass is 239 g/mol. The Balaban J connectivity index is 2.73. The van der Waals surface area contributed by atoms with Crippen LogP contribution in [-0.4, -0.2) is 33.1 Å². The lowest BCUT2D eigenvalue weighted by Crippen LogP contribution is -2.37. The number of nitrogens with zero attached hydrogens (tertiary/aromatic N) is 1. The molecule has 0 fully saturated rings. The van der Waals surface area contributed by atoms with Gasteiger partial charge in [0.15, 0.2) is 11.6 Å². The molecule has 92 valence electrons. The number of rotatable bonds is 4. The second-order valence-electron chi connectivity index (χ2n) is 3.51. The number of aryl methyl sites for hydroxylation is 1. The molecule has 7 nitrogen and oxygen atoms in total. The third kappa shape index (κ3) is 3.72. The predicted molar refractivity (Wildman–Crippen MR) is 59.5 cm³/mol. The first kappa shape index (κ1) is 12.9. The molecule has 0 aliphatic rings. The van der Waals surface area contributed by atoms with Crippen molar-refractivity contribution in [3.05, 3.63) is 17.8 Å². The van der Waals surface area contributed by atoms with Gasteiger partial charge in [0, 0.05) is 5.69 Å². The smallest absolute Gasteiger partial charge is 0.305 e. The van der Waals surface area contributed by atoms with Crippen molar-refractivity contribution in [2.24, 2.45) is 5.73 Å². The SMILES string of the molecule is Cc1ccc(O)c(NC(=O)C(N)CC(=O)O)n1. The summed E-state index contributed by atoms with van der Waals surface area (Å²) in [4.78, 5) is 25.7. The Morgan fingerprint density at radius 1 is 1.53 bits per heavy atom. The molecule has 1 aromatic rings. The van der Waals surface area contributed by atoms with Gasteiger partial charge in [-0.15, -0.1) is 0 Å². The number of carboxylic acid groups (broad SMARTS) is 1. The minimum Gasteiger partial charge on any atom is -0.504 e. The van der Waals surface area contributed by atoms with Crippen LogP contribution in [-0.2, 0) is 9.59 Å². The number of hydrogen-bond acceptors (Lipinski definition) is 5. The summed E-state index contributed by atoms with van der Waals surface area (Å²) in [6.07, 6.45) is -0.488. The number of carboxylic acids is 1. The lowest BCUT2D eigenvalue weighted by Gasteiger charge is -2.10. The maximum atomic E-state index is 11.5. The Hall–Kier alpha value is -2.15. The van der Waals surface area contributed by atoms with Gasteiger partial charge in [0.1, 0.15) is 0 Å². The van der Waals surface area contributed by atoms with Crippen LogP contribution < -0.4 is 11.1 Å². The minimum atomic E-state index is -1.19. The van der Waals surface area contributed by atoms with Crippen LogP contribution in [0.5, 0.6) is 5.75 Å². The van der Waals surface area contributed by atoms with Crippen molar-refractivity contribution in [1.29, 1.82) is 0 Å². The summed E-state index contributed by atoms with van der Waals surface area (Å²) in [6, 6.07) is 1.76. The van der Waals surface area contributed by atoms with E-state index in [1.54, 1.807) is 13.0 Å². The number of pyridine rings is 1. The fraction of sp³-hybridized carbons (Fsp3) is 0.300. The van der Waals surface area contributed by atoms with E-state index in [1.165, 1.54) is 6.07 Å². The summed E-state index contributed by atoms with van der Waals surface area (Å²) in [7, 11) is 0. The van der Waals surface area contributed by atoms with Crippen LogP contribution in [0.1, 0.15) is 12.1 Å². The number of carbonyl (C=O) groups is 2. The highest BCUT2D eigenvalue weighted by Gasteiger charge is 2.18. The molecule has 0 aliphatic carbocycles. The first-order valence-electron chi connectivity index (χ1n) is 4.85. The van der Waals surface area contributed by atoms with Crippen LogP contribution in [0.4, 0.5) is 5.82 Å². The van der Waals surface area contributed by atoms with Gasteiger partial charge in [0.05, 0.1) is 12.5 Å². The van der Waals surface area contributed by atoms with Gasteiger partial charge >= 0.3 is 5.97 Å². The van der Waals surface area contributed by atoms with E-state index in [0.717, 1.165) is 0 Å². The molecule has 17 heavy (non-hydrogen) atoms. The number of aromatic hydroxyl groups is 1. The largest absolute Gasteiger partial charge is 0.504 e. The van der Waals surface area contributed by atoms with Crippen molar-refractivity contribution in [1.82, 2.24) is 4.98 Å². The molecule has 0 bridgehead atoms. The van der Waals surface area contributed by atoms with E-state index in [0.29, 0.717) is 5.69 Å². The summed E-state index contributed by atoms with van der Waals surface area (Å²) in [5.41, 5.74) is 5.95. The summed E-state index contributed by atoms with van der Waals surface area (Å²) in [5.74, 6) is -2.11. The van der Waals surface area contributed by atoms with E-state index in [4.69, 9.17) is 10.8 Å². The highest BCUT2D eigenvalue weighted by atomic mass is 16.4. The quantitative estimate of drug-likeness (QED) is 0.578. The molecular weight excluding hydrogens is 226 g/mol. The first-order valence-corrected chi connectivity index (χ1v) is 4.85. The topological polar surface area (TPSA) is 126 Å². The number of hydrogen-bond donors (Lipinski definition) is 4. The average molecular weight is 239 g/mol. The van der Waals surface area contributed by atoms with Gasteiger partial charge in [-0.1, -0.05) is 0 Å². The Kier molecular flexibility index (Phi) is 4.00. The van der Waals surface area contributed by atoms with Crippen molar-refractivity contribution in [2.45, 2.75) is 19.4 Å². The Bertz CT molecular complexity index is 447. The molecule has 0 spiro atoms. The lowest BCUT2D eigenvalue weighted by atomic mass is 10.2. The molecule has 1 aromatic heterocycles. The average Bonchev–Trinajstić information content (AvgIpc) is 2.22. The van der Waals surface area contributed by atoms with Crippen molar-refractivity contribution in [3.8, 4) is 5.75 Å². The Morgan fingerprint density at radius 2 is 2.18 bits per heavy atom. The maximum Gasteiger partial charge on any atom is 0.305 e. The van der Waals surface area contributed by atoms with Gasteiger partial charge < -0.3 is 21.3 Å². The molecule has 0 aromatic carbocycles. The third-order valence-corrected chi connectivity index (χ3v) is 1.99. The standard InChI is InChI=1S/C10H13N3O4/c1-5-2-3-7(14)9(12-5)13-10(17)6(11)4-8(15)16/h2-3,6,14H,4,11H2,1H3,(H,15,16)(H,12,13,17). The van der Waals surface area contributed by atoms with E-state index in [-0.39, 0.29) is 11.6 Å². The Morgan fingerprint density at radius 3 is 2.76 bits per heavy atom. The third-order valence-electron chi connectivity index (χ3n) is 1.99. The molecule has 7 heteroatoms. The molecule has 5 N–H and O–H groups in total. The zero-order chi connectivity index (χ0) is 13.0. The van der Waals surface area contributed by atoms with Gasteiger partial charge in [0.2, 0.25) is 5.91 Å². The molecular formula is C10H13N3O4. The molecule has 1 rings (SSSR count). The maximum absolute atomic E-state index is 11.5. The Labute approximate surface area is 97.3 Å². The first-order chi connectivity index (χ1) is 7.90. The van der Waals surface area contributed by atoms with Crippen LogP contribution in [0.3, 0.4) is 0 Å². The highest BCUT2D eigenvalue weighted by Crippen LogP contribution is 2.20. The molecule has 0 saturated heterocycles. The summed E-state index contributed by atoms with van der Waals surface area (Å²) >= 11 is 0. The summed E-state index contributed by atoms with van der Waals surface area (Å²) in [6.45, 7) is 1.69. The normalized spacial score (nSPS) is 11.9. The van der Waals surface area contributed by atoms with Gasteiger partial charge in [-0.3, -0.25) is 9.59 Å². The second-order valence-corrected chi connectivity index (χ2v) is 3.51. The van der Waals surface area contributed by atoms with Crippen molar-refractivity contribution in [3.63, 3.8) is 0 Å². The van der Waals surface area contributed by atoms with E-state index < -0.39 is 24.3 Å². The zero-order valence-electron chi connectivity index (χ0n) is 9.17. The van der Waals surface area contributed by atoms with Crippen LogP contribution in [0.25, 0.3) is 0 Å². The van der Waals surface area contributed by atoms with Crippen LogP contribution in [0.15, 0.2) is 12.1 Å². The summed E-state index contributed by atoms with van der Waals surface area (Å²) in [5, 5.41) is 20.2. The number of carbonyl (C=O) groups excluding carboxylic acids is 1. The van der Waals surface area contributed by atoms with Gasteiger partial charge in [-0.05, 0) is 19.1 Å². The molecule has 1 unspecified atom stereocenters. The minimum absolute atomic E-state index is 0.0316. The number of amides is 1. The van der Waals surface area contributed by atoms with Crippen LogP contribution in [0, 0.1) is 6.92 Å². The van der Waals surface area contributed by atoms with Crippen LogP contribution in [0.2, 0.25) is 0 Å². The number of anilines is 1. The number of aliphatic carboxylic acids is 1.